The number of fused-ring (bicyclic) bond motifs is 2. The Labute approximate surface area is 322 Å². The summed E-state index contributed by atoms with van der Waals surface area (Å²) in [5.74, 6) is -1.18. The molecule has 12 heteroatoms. The summed E-state index contributed by atoms with van der Waals surface area (Å²) in [6.07, 6.45) is 0. The lowest BCUT2D eigenvalue weighted by atomic mass is 10.0. The third-order valence-corrected chi connectivity index (χ3v) is 8.71. The second-order valence-corrected chi connectivity index (χ2v) is 13.1. The first-order valence-electron chi connectivity index (χ1n) is 17.7. The van der Waals surface area contributed by atoms with Gasteiger partial charge in [0.25, 0.3) is 5.91 Å². The van der Waals surface area contributed by atoms with Gasteiger partial charge in [-0.1, -0.05) is 84.1 Å². The molecule has 282 valence electrons. The molecule has 6 aromatic carbocycles. The molecule has 0 saturated heterocycles. The zero-order chi connectivity index (χ0) is 39.9. The molecule has 7 aromatic rings. The van der Waals surface area contributed by atoms with Crippen molar-refractivity contribution >= 4 is 57.1 Å². The van der Waals surface area contributed by atoms with Crippen molar-refractivity contribution in [3.8, 4) is 17.2 Å². The number of carbonyl (C=O) groups excluding carboxylic acids is 4. The van der Waals surface area contributed by atoms with Gasteiger partial charge in [-0.25, -0.2) is 9.59 Å². The molecule has 1 heterocycles. The van der Waals surface area contributed by atoms with Gasteiger partial charge in [-0.05, 0) is 87.4 Å². The molecule has 0 aliphatic rings. The molecular weight excluding hydrogens is 711 g/mol. The van der Waals surface area contributed by atoms with E-state index in [2.05, 4.69) is 15.6 Å². The fourth-order valence-electron chi connectivity index (χ4n) is 6.02. The highest BCUT2D eigenvalue weighted by molar-refractivity contribution is 6.12. The second kappa shape index (κ2) is 16.8. The molecule has 12 nitrogen and oxygen atoms in total. The highest BCUT2D eigenvalue weighted by Gasteiger charge is 2.29. The minimum absolute atomic E-state index is 0.0623. The lowest BCUT2D eigenvalue weighted by molar-refractivity contribution is -0.131. The monoisotopic (exact) mass is 749 g/mol. The summed E-state index contributed by atoms with van der Waals surface area (Å²) in [5, 5.41) is 23.0. The number of rotatable bonds is 7. The number of ether oxygens (including phenoxy) is 2. The number of phenolic OH excluding ortho intramolecular Hbond substituents is 1. The van der Waals surface area contributed by atoms with Crippen molar-refractivity contribution in [3.63, 3.8) is 0 Å². The van der Waals surface area contributed by atoms with Crippen LogP contribution in [0.5, 0.6) is 17.2 Å². The minimum Gasteiger partial charge on any atom is -0.506 e. The number of anilines is 2. The summed E-state index contributed by atoms with van der Waals surface area (Å²) < 4.78 is 11.9. The molecule has 0 atom stereocenters. The molecule has 56 heavy (non-hydrogen) atoms. The van der Waals surface area contributed by atoms with E-state index in [0.717, 1.165) is 11.1 Å². The highest BCUT2D eigenvalue weighted by Crippen LogP contribution is 2.37. The maximum atomic E-state index is 13.9. The molecule has 0 spiro atoms. The minimum atomic E-state index is -0.755. The van der Waals surface area contributed by atoms with Crippen LogP contribution in [-0.4, -0.2) is 50.0 Å². The molecule has 2 amide bonds. The Kier molecular flexibility index (Phi) is 11.5. The van der Waals surface area contributed by atoms with Crippen molar-refractivity contribution in [1.29, 1.82) is 0 Å². The number of hydrogen-bond acceptors (Lipinski definition) is 9. The fourth-order valence-corrected chi connectivity index (χ4v) is 6.02. The third kappa shape index (κ3) is 8.39. The van der Waals surface area contributed by atoms with Gasteiger partial charge in [0.1, 0.15) is 22.8 Å². The number of aromatic nitrogens is 3. The summed E-state index contributed by atoms with van der Waals surface area (Å²) in [4.78, 5) is 53.1. The van der Waals surface area contributed by atoms with Crippen LogP contribution < -0.4 is 19.7 Å². The number of aryl methyl sites for hydroxylation is 2. The number of carbonyl (C=O) groups is 4. The normalized spacial score (nSPS) is 10.8. The molecule has 2 N–H and O–H groups in total. The zero-order valence-corrected chi connectivity index (χ0v) is 31.4. The Morgan fingerprint density at radius 2 is 1.41 bits per heavy atom. The molecule has 7 rings (SSSR count). The second-order valence-electron chi connectivity index (χ2n) is 13.1. The van der Waals surface area contributed by atoms with Crippen LogP contribution in [0.25, 0.3) is 21.8 Å². The van der Waals surface area contributed by atoms with Gasteiger partial charge < -0.3 is 19.9 Å². The molecule has 0 unspecified atom stereocenters. The van der Waals surface area contributed by atoms with Crippen LogP contribution in [0.4, 0.5) is 16.2 Å². The molecule has 1 aromatic heterocycles. The van der Waals surface area contributed by atoms with Crippen molar-refractivity contribution < 1.29 is 33.8 Å². The topological polar surface area (TPSA) is 153 Å². The number of amides is 2. The Hall–Kier alpha value is -7.34. The summed E-state index contributed by atoms with van der Waals surface area (Å²) in [7, 11) is 0. The predicted molar refractivity (Wildman–Crippen MR) is 215 cm³/mol. The molecular formula is C44H39N5O7. The molecule has 0 saturated carbocycles. The molecule has 0 fully saturated rings. The highest BCUT2D eigenvalue weighted by atomic mass is 16.5. The van der Waals surface area contributed by atoms with E-state index in [1.54, 1.807) is 78.9 Å². The SMILES string of the molecule is CC(=O)Oc1ccccc1.Cc1ccc(C)c(NC(=O)c2cc(OC(=O)c3ccccc3N(C(=O)n3nnc4ccccc43)C(C)C)c3ccccc3c2O)c1. The van der Waals surface area contributed by atoms with E-state index in [-0.39, 0.29) is 34.6 Å². The van der Waals surface area contributed by atoms with Crippen LogP contribution in [0.2, 0.25) is 0 Å². The van der Waals surface area contributed by atoms with Crippen molar-refractivity contribution in [2.75, 3.05) is 10.2 Å². The lowest BCUT2D eigenvalue weighted by Gasteiger charge is -2.28. The fraction of sp³-hybridized carbons (Fsp3) is 0.136. The zero-order valence-electron chi connectivity index (χ0n) is 31.4. The van der Waals surface area contributed by atoms with E-state index in [1.807, 2.05) is 70.2 Å². The largest absolute Gasteiger partial charge is 0.506 e. The standard InChI is InChI=1S/C36H31N5O5.C8H8O2/c1-21(2)40(36(45)41-31-16-10-8-14-28(31)38-39-41)30-15-9-7-13-26(30)35(44)46-32-20-27(33(42)25-12-6-5-11-24(25)32)34(43)37-29-19-22(3)17-18-23(29)4;1-7(9)10-8-5-3-2-4-6-8/h5-21,42H,1-4H3,(H,37,43);2-6H,1H3. The molecule has 0 bridgehead atoms. The van der Waals surface area contributed by atoms with Crippen LogP contribution in [0.3, 0.4) is 0 Å². The van der Waals surface area contributed by atoms with Gasteiger partial charge in [0.15, 0.2) is 0 Å². The first-order valence-corrected chi connectivity index (χ1v) is 17.7. The van der Waals surface area contributed by atoms with Gasteiger partial charge >= 0.3 is 18.0 Å². The quantitative estimate of drug-likeness (QED) is 0.120. The van der Waals surface area contributed by atoms with E-state index in [1.165, 1.54) is 22.6 Å². The van der Waals surface area contributed by atoms with Crippen LogP contribution in [0.15, 0.2) is 127 Å². The van der Waals surface area contributed by atoms with E-state index in [9.17, 15) is 24.3 Å². The number of phenols is 1. The lowest BCUT2D eigenvalue weighted by Crippen LogP contribution is -2.41. The molecule has 0 aliphatic carbocycles. The van der Waals surface area contributed by atoms with E-state index in [4.69, 9.17) is 9.47 Å². The summed E-state index contributed by atoms with van der Waals surface area (Å²) in [6, 6.07) is 35.7. The number of nitrogens with one attached hydrogen (secondary N) is 1. The predicted octanol–water partition coefficient (Wildman–Crippen LogP) is 8.87. The average Bonchev–Trinajstić information content (AvgIpc) is 3.62. The van der Waals surface area contributed by atoms with E-state index < -0.39 is 17.9 Å². The first-order chi connectivity index (χ1) is 26.9. The van der Waals surface area contributed by atoms with E-state index in [0.29, 0.717) is 38.9 Å². The number of esters is 2. The van der Waals surface area contributed by atoms with Gasteiger partial charge in [-0.3, -0.25) is 14.5 Å². The average molecular weight is 750 g/mol. The van der Waals surface area contributed by atoms with Gasteiger partial charge in [-0.2, -0.15) is 4.68 Å². The maximum absolute atomic E-state index is 13.9. The number of aromatic hydroxyl groups is 1. The third-order valence-electron chi connectivity index (χ3n) is 8.71. The van der Waals surface area contributed by atoms with Crippen molar-refractivity contribution in [3.05, 3.63) is 150 Å². The maximum Gasteiger partial charge on any atom is 0.351 e. The van der Waals surface area contributed by atoms with E-state index >= 15 is 0 Å². The van der Waals surface area contributed by atoms with Crippen molar-refractivity contribution in [2.45, 2.75) is 40.7 Å². The number of para-hydroxylation sites is 3. The van der Waals surface area contributed by atoms with Crippen LogP contribution in [-0.2, 0) is 4.79 Å². The van der Waals surface area contributed by atoms with Crippen molar-refractivity contribution in [2.24, 2.45) is 0 Å². The number of hydrogen-bond donors (Lipinski definition) is 2. The Morgan fingerprint density at radius 1 is 0.750 bits per heavy atom. The Balaban J connectivity index is 0.000000463. The van der Waals surface area contributed by atoms with Crippen LogP contribution in [0.1, 0.15) is 52.6 Å². The van der Waals surface area contributed by atoms with Gasteiger partial charge in [-0.15, -0.1) is 5.10 Å². The van der Waals surface area contributed by atoms with Crippen molar-refractivity contribution in [1.82, 2.24) is 15.0 Å². The smallest absolute Gasteiger partial charge is 0.351 e. The van der Waals surface area contributed by atoms with Crippen LogP contribution >= 0.6 is 0 Å². The van der Waals surface area contributed by atoms with Crippen LogP contribution in [0, 0.1) is 13.8 Å². The Morgan fingerprint density at radius 3 is 2.14 bits per heavy atom. The van der Waals surface area contributed by atoms with Gasteiger partial charge in [0, 0.05) is 29.4 Å². The molecule has 0 aliphatic heterocycles. The first kappa shape index (κ1) is 38.4. The van der Waals surface area contributed by atoms with Gasteiger partial charge in [0.05, 0.1) is 22.3 Å². The van der Waals surface area contributed by atoms with Gasteiger partial charge in [0.2, 0.25) is 0 Å². The number of nitrogens with zero attached hydrogens (tertiary/aromatic N) is 4. The number of benzene rings is 6. The summed E-state index contributed by atoms with van der Waals surface area (Å²) in [6.45, 7) is 8.82. The summed E-state index contributed by atoms with van der Waals surface area (Å²) >= 11 is 0. The summed E-state index contributed by atoms with van der Waals surface area (Å²) in [5.41, 5.74) is 3.87. The molecule has 0 radical (unpaired) electrons. The Bertz CT molecular complexity index is 2580.